The minimum atomic E-state index is -0.341. The number of carbonyl (C=O) groups excluding carboxylic acids is 2. The van der Waals surface area contributed by atoms with E-state index in [1.807, 2.05) is 24.3 Å². The molecular formula is C23H23FN4O3. The number of ether oxygens (including phenoxy) is 1. The molecule has 1 aliphatic heterocycles. The van der Waals surface area contributed by atoms with Gasteiger partial charge in [-0.2, -0.15) is 0 Å². The van der Waals surface area contributed by atoms with E-state index in [9.17, 15) is 14.0 Å². The van der Waals surface area contributed by atoms with Crippen molar-refractivity contribution in [2.45, 2.75) is 6.42 Å². The van der Waals surface area contributed by atoms with Crippen LogP contribution in [0.25, 0.3) is 5.69 Å². The fourth-order valence-corrected chi connectivity index (χ4v) is 3.65. The zero-order chi connectivity index (χ0) is 21.8. The molecule has 31 heavy (non-hydrogen) atoms. The van der Waals surface area contributed by atoms with Gasteiger partial charge >= 0.3 is 0 Å². The van der Waals surface area contributed by atoms with Gasteiger partial charge in [-0.05, 0) is 42.0 Å². The number of methoxy groups -OCH3 is 1. The lowest BCUT2D eigenvalue weighted by Gasteiger charge is -2.35. The summed E-state index contributed by atoms with van der Waals surface area (Å²) >= 11 is 0. The lowest BCUT2D eigenvalue weighted by Crippen LogP contribution is -2.51. The average molecular weight is 422 g/mol. The van der Waals surface area contributed by atoms with Crippen molar-refractivity contribution in [3.8, 4) is 11.4 Å². The van der Waals surface area contributed by atoms with Gasteiger partial charge in [-0.15, -0.1) is 0 Å². The summed E-state index contributed by atoms with van der Waals surface area (Å²) in [6.45, 7) is 1.83. The molecule has 4 rings (SSSR count). The van der Waals surface area contributed by atoms with Gasteiger partial charge in [0.05, 0.1) is 26.1 Å². The molecule has 0 aliphatic carbocycles. The van der Waals surface area contributed by atoms with Crippen molar-refractivity contribution >= 4 is 11.8 Å². The molecule has 0 bridgehead atoms. The number of benzene rings is 2. The predicted octanol–water partition coefficient (Wildman–Crippen LogP) is 2.55. The molecule has 0 N–H and O–H groups in total. The van der Waals surface area contributed by atoms with Gasteiger partial charge in [-0.1, -0.05) is 12.1 Å². The van der Waals surface area contributed by atoms with E-state index in [4.69, 9.17) is 4.74 Å². The second kappa shape index (κ2) is 8.99. The Hall–Kier alpha value is -3.68. The largest absolute Gasteiger partial charge is 0.497 e. The van der Waals surface area contributed by atoms with Crippen LogP contribution in [0.2, 0.25) is 0 Å². The molecule has 1 aromatic heterocycles. The van der Waals surface area contributed by atoms with E-state index in [0.717, 1.165) is 11.3 Å². The summed E-state index contributed by atoms with van der Waals surface area (Å²) in [5, 5.41) is 0. The van der Waals surface area contributed by atoms with E-state index < -0.39 is 0 Å². The van der Waals surface area contributed by atoms with Crippen LogP contribution in [0.1, 0.15) is 16.1 Å². The molecule has 160 valence electrons. The standard InChI is InChI=1S/C23H23FN4O3/c1-31-20-4-2-3-17(13-20)14-22(29)26-9-11-27(12-10-26)23(30)21-15-25-16-28(21)19-7-5-18(24)6-8-19/h2-8,13,15-16H,9-12,14H2,1H3. The first-order valence-corrected chi connectivity index (χ1v) is 10.0. The topological polar surface area (TPSA) is 67.7 Å². The zero-order valence-electron chi connectivity index (χ0n) is 17.2. The zero-order valence-corrected chi connectivity index (χ0v) is 17.2. The van der Waals surface area contributed by atoms with E-state index in [-0.39, 0.29) is 17.6 Å². The summed E-state index contributed by atoms with van der Waals surface area (Å²) in [4.78, 5) is 33.3. The summed E-state index contributed by atoms with van der Waals surface area (Å²) in [5.41, 5.74) is 1.96. The Morgan fingerprint density at radius 2 is 1.74 bits per heavy atom. The Labute approximate surface area is 179 Å². The van der Waals surface area contributed by atoms with Gasteiger partial charge in [0, 0.05) is 31.9 Å². The fraction of sp³-hybridized carbons (Fsp3) is 0.261. The van der Waals surface area contributed by atoms with Crippen LogP contribution in [0.15, 0.2) is 61.1 Å². The van der Waals surface area contributed by atoms with Gasteiger partial charge in [0.1, 0.15) is 17.3 Å². The number of nitrogens with zero attached hydrogens (tertiary/aromatic N) is 4. The van der Waals surface area contributed by atoms with Crippen molar-refractivity contribution in [2.75, 3.05) is 33.3 Å². The number of piperazine rings is 1. The molecule has 0 spiro atoms. The summed E-state index contributed by atoms with van der Waals surface area (Å²) in [5.74, 6) is 0.239. The first kappa shape index (κ1) is 20.6. The smallest absolute Gasteiger partial charge is 0.272 e. The van der Waals surface area contributed by atoms with Crippen LogP contribution in [0.3, 0.4) is 0 Å². The number of imidazole rings is 1. The molecule has 2 amide bonds. The number of rotatable bonds is 5. The number of carbonyl (C=O) groups is 2. The molecule has 1 fully saturated rings. The van der Waals surface area contributed by atoms with Gasteiger partial charge in [0.25, 0.3) is 5.91 Å². The maximum Gasteiger partial charge on any atom is 0.272 e. The maximum absolute atomic E-state index is 13.2. The van der Waals surface area contributed by atoms with Gasteiger partial charge in [0.15, 0.2) is 0 Å². The van der Waals surface area contributed by atoms with Crippen molar-refractivity contribution in [1.82, 2.24) is 19.4 Å². The third-order valence-electron chi connectivity index (χ3n) is 5.37. The highest BCUT2D eigenvalue weighted by Crippen LogP contribution is 2.17. The van der Waals surface area contributed by atoms with E-state index in [0.29, 0.717) is 44.0 Å². The van der Waals surface area contributed by atoms with Crippen LogP contribution in [0, 0.1) is 5.82 Å². The molecule has 1 aliphatic rings. The van der Waals surface area contributed by atoms with Crippen LogP contribution in [0.5, 0.6) is 5.75 Å². The van der Waals surface area contributed by atoms with Crippen molar-refractivity contribution in [3.05, 3.63) is 78.1 Å². The molecule has 0 radical (unpaired) electrons. The third kappa shape index (κ3) is 4.58. The molecule has 0 unspecified atom stereocenters. The van der Waals surface area contributed by atoms with Crippen molar-refractivity contribution in [2.24, 2.45) is 0 Å². The summed E-state index contributed by atoms with van der Waals surface area (Å²) in [6.07, 6.45) is 3.34. The predicted molar refractivity (Wildman–Crippen MR) is 113 cm³/mol. The SMILES string of the molecule is COc1cccc(CC(=O)N2CCN(C(=O)c3cncn3-c3ccc(F)cc3)CC2)c1. The molecule has 2 aromatic carbocycles. The summed E-state index contributed by atoms with van der Waals surface area (Å²) < 4.78 is 20.1. The molecule has 3 aromatic rings. The lowest BCUT2D eigenvalue weighted by molar-refractivity contribution is -0.131. The van der Waals surface area contributed by atoms with Crippen molar-refractivity contribution < 1.29 is 18.7 Å². The minimum absolute atomic E-state index is 0.0247. The minimum Gasteiger partial charge on any atom is -0.497 e. The lowest BCUT2D eigenvalue weighted by atomic mass is 10.1. The second-order valence-electron chi connectivity index (χ2n) is 7.33. The Morgan fingerprint density at radius 1 is 1.03 bits per heavy atom. The molecular weight excluding hydrogens is 399 g/mol. The number of hydrogen-bond donors (Lipinski definition) is 0. The molecule has 0 saturated carbocycles. The van der Waals surface area contributed by atoms with Crippen LogP contribution in [0.4, 0.5) is 4.39 Å². The number of hydrogen-bond acceptors (Lipinski definition) is 4. The van der Waals surface area contributed by atoms with E-state index in [2.05, 4.69) is 4.98 Å². The first-order chi connectivity index (χ1) is 15.0. The van der Waals surface area contributed by atoms with Gasteiger partial charge < -0.3 is 14.5 Å². The Balaban J connectivity index is 1.38. The third-order valence-corrected chi connectivity index (χ3v) is 5.37. The summed E-state index contributed by atoms with van der Waals surface area (Å²) in [6, 6.07) is 13.3. The first-order valence-electron chi connectivity index (χ1n) is 10.0. The average Bonchev–Trinajstić information content (AvgIpc) is 3.29. The fourth-order valence-electron chi connectivity index (χ4n) is 3.65. The summed E-state index contributed by atoms with van der Waals surface area (Å²) in [7, 11) is 1.60. The van der Waals surface area contributed by atoms with Gasteiger partial charge in [-0.25, -0.2) is 9.37 Å². The Kier molecular flexibility index (Phi) is 5.97. The van der Waals surface area contributed by atoms with Gasteiger partial charge in [-0.3, -0.25) is 14.2 Å². The normalized spacial score (nSPS) is 13.9. The van der Waals surface area contributed by atoms with Crippen LogP contribution in [-0.4, -0.2) is 64.5 Å². The molecule has 1 saturated heterocycles. The Morgan fingerprint density at radius 3 is 2.45 bits per heavy atom. The van der Waals surface area contributed by atoms with Crippen molar-refractivity contribution in [3.63, 3.8) is 0 Å². The maximum atomic E-state index is 13.2. The number of aromatic nitrogens is 2. The molecule has 2 heterocycles. The van der Waals surface area contributed by atoms with Crippen LogP contribution in [-0.2, 0) is 11.2 Å². The number of halogens is 1. The molecule has 8 heteroatoms. The molecule has 0 atom stereocenters. The number of amides is 2. The van der Waals surface area contributed by atoms with E-state index in [1.54, 1.807) is 33.6 Å². The van der Waals surface area contributed by atoms with E-state index >= 15 is 0 Å². The highest BCUT2D eigenvalue weighted by molar-refractivity contribution is 5.93. The quantitative estimate of drug-likeness (QED) is 0.634. The highest BCUT2D eigenvalue weighted by Gasteiger charge is 2.26. The second-order valence-corrected chi connectivity index (χ2v) is 7.33. The van der Waals surface area contributed by atoms with Crippen molar-refractivity contribution in [1.29, 1.82) is 0 Å². The van der Waals surface area contributed by atoms with Gasteiger partial charge in [0.2, 0.25) is 5.91 Å². The Bertz CT molecular complexity index is 1070. The monoisotopic (exact) mass is 422 g/mol. The van der Waals surface area contributed by atoms with Crippen LogP contribution >= 0.6 is 0 Å². The van der Waals surface area contributed by atoms with E-state index in [1.165, 1.54) is 24.7 Å². The van der Waals surface area contributed by atoms with Crippen LogP contribution < -0.4 is 4.74 Å². The highest BCUT2D eigenvalue weighted by atomic mass is 19.1. The molecule has 7 nitrogen and oxygen atoms in total.